The molecule has 198 valence electrons. The molecule has 1 aliphatic carbocycles. The number of aromatic nitrogens is 1. The van der Waals surface area contributed by atoms with Crippen molar-refractivity contribution in [3.63, 3.8) is 0 Å². The lowest BCUT2D eigenvalue weighted by atomic mass is 9.82. The second-order valence-corrected chi connectivity index (χ2v) is 11.5. The van der Waals surface area contributed by atoms with Crippen LogP contribution in [0.1, 0.15) is 43.6 Å². The van der Waals surface area contributed by atoms with Gasteiger partial charge in [-0.3, -0.25) is 0 Å². The number of aromatic hydroxyl groups is 1. The molecule has 8 nitrogen and oxygen atoms in total. The fraction of sp³-hybridized carbons (Fsp3) is 0.560. The van der Waals surface area contributed by atoms with Crippen molar-refractivity contribution in [2.45, 2.75) is 62.3 Å². The van der Waals surface area contributed by atoms with Gasteiger partial charge in [0, 0.05) is 19.2 Å². The Morgan fingerprint density at radius 1 is 1.17 bits per heavy atom. The SMILES string of the molecule is COC[C@@H]1C[C@H](NS(C)(=O)=O)[C@H](CO[C@H]2CC[C@@H](c3cccc(F)c3)CC2)N1c1cc(O)c(F)cn1. The number of anilines is 1. The van der Waals surface area contributed by atoms with Crippen LogP contribution in [-0.2, 0) is 19.5 Å². The first-order chi connectivity index (χ1) is 17.1. The Kier molecular flexibility index (Phi) is 8.44. The molecule has 0 radical (unpaired) electrons. The molecule has 0 amide bonds. The number of pyridine rings is 1. The predicted molar refractivity (Wildman–Crippen MR) is 132 cm³/mol. The average Bonchev–Trinajstić information content (AvgIpc) is 3.15. The highest BCUT2D eigenvalue weighted by Gasteiger charge is 2.44. The molecule has 1 saturated heterocycles. The Hall–Kier alpha value is -2.34. The van der Waals surface area contributed by atoms with Crippen molar-refractivity contribution in [1.29, 1.82) is 0 Å². The Morgan fingerprint density at radius 2 is 1.92 bits per heavy atom. The van der Waals surface area contributed by atoms with Gasteiger partial charge in [-0.2, -0.15) is 0 Å². The normalized spacial score (nSPS) is 26.9. The molecule has 0 spiro atoms. The lowest BCUT2D eigenvalue weighted by Crippen LogP contribution is -2.49. The van der Waals surface area contributed by atoms with Gasteiger partial charge in [0.1, 0.15) is 11.6 Å². The summed E-state index contributed by atoms with van der Waals surface area (Å²) in [4.78, 5) is 6.00. The van der Waals surface area contributed by atoms with Crippen molar-refractivity contribution < 1.29 is 31.8 Å². The van der Waals surface area contributed by atoms with Crippen LogP contribution in [0.3, 0.4) is 0 Å². The summed E-state index contributed by atoms with van der Waals surface area (Å²) < 4.78 is 65.9. The Bertz CT molecular complexity index is 1140. The van der Waals surface area contributed by atoms with Gasteiger partial charge in [0.15, 0.2) is 11.6 Å². The maximum absolute atomic E-state index is 13.7. The Balaban J connectivity index is 1.49. The molecule has 3 atom stereocenters. The molecule has 2 aliphatic rings. The number of nitrogens with one attached hydrogen (secondary N) is 1. The van der Waals surface area contributed by atoms with Gasteiger partial charge in [-0.1, -0.05) is 12.1 Å². The minimum absolute atomic E-state index is 0.0217. The fourth-order valence-corrected chi connectivity index (χ4v) is 6.24. The molecule has 1 saturated carbocycles. The van der Waals surface area contributed by atoms with E-state index in [4.69, 9.17) is 9.47 Å². The summed E-state index contributed by atoms with van der Waals surface area (Å²) >= 11 is 0. The predicted octanol–water partition coefficient (Wildman–Crippen LogP) is 3.32. The van der Waals surface area contributed by atoms with Crippen LogP contribution < -0.4 is 9.62 Å². The molecule has 11 heteroatoms. The summed E-state index contributed by atoms with van der Waals surface area (Å²) in [7, 11) is -1.97. The third-order valence-electron chi connectivity index (χ3n) is 7.05. The van der Waals surface area contributed by atoms with Crippen molar-refractivity contribution in [1.82, 2.24) is 9.71 Å². The number of hydrogen-bond acceptors (Lipinski definition) is 7. The molecule has 1 aromatic carbocycles. The second-order valence-electron chi connectivity index (χ2n) is 9.67. The summed E-state index contributed by atoms with van der Waals surface area (Å²) in [5, 5.41) is 9.95. The van der Waals surface area contributed by atoms with Gasteiger partial charge in [-0.05, 0) is 55.7 Å². The van der Waals surface area contributed by atoms with Crippen LogP contribution >= 0.6 is 0 Å². The van der Waals surface area contributed by atoms with E-state index in [9.17, 15) is 22.3 Å². The highest BCUT2D eigenvalue weighted by atomic mass is 32.2. The quantitative estimate of drug-likeness (QED) is 0.518. The zero-order valence-corrected chi connectivity index (χ0v) is 21.3. The van der Waals surface area contributed by atoms with Crippen LogP contribution in [0, 0.1) is 11.6 Å². The van der Waals surface area contributed by atoms with E-state index in [2.05, 4.69) is 9.71 Å². The van der Waals surface area contributed by atoms with Crippen molar-refractivity contribution in [2.75, 3.05) is 31.5 Å². The second kappa shape index (κ2) is 11.4. The zero-order valence-electron chi connectivity index (χ0n) is 20.4. The van der Waals surface area contributed by atoms with Crippen LogP contribution in [0.2, 0.25) is 0 Å². The van der Waals surface area contributed by atoms with E-state index in [0.717, 1.165) is 43.7 Å². The van der Waals surface area contributed by atoms with Gasteiger partial charge in [0.25, 0.3) is 0 Å². The van der Waals surface area contributed by atoms with Crippen molar-refractivity contribution >= 4 is 15.8 Å². The van der Waals surface area contributed by atoms with E-state index in [-0.39, 0.29) is 37.1 Å². The lowest BCUT2D eigenvalue weighted by molar-refractivity contribution is 0.0152. The van der Waals surface area contributed by atoms with E-state index >= 15 is 0 Å². The molecular weight excluding hydrogens is 492 g/mol. The number of rotatable bonds is 9. The molecule has 36 heavy (non-hydrogen) atoms. The number of methoxy groups -OCH3 is 1. The molecule has 0 unspecified atom stereocenters. The molecular formula is C25H33F2N3O5S. The first-order valence-corrected chi connectivity index (χ1v) is 14.0. The van der Waals surface area contributed by atoms with Gasteiger partial charge in [0.05, 0.1) is 43.9 Å². The summed E-state index contributed by atoms with van der Waals surface area (Å²) in [5.41, 5.74) is 0.998. The van der Waals surface area contributed by atoms with E-state index < -0.39 is 33.7 Å². The monoisotopic (exact) mass is 525 g/mol. The van der Waals surface area contributed by atoms with Gasteiger partial charge in [0.2, 0.25) is 10.0 Å². The van der Waals surface area contributed by atoms with Crippen LogP contribution in [0.4, 0.5) is 14.6 Å². The molecule has 1 aliphatic heterocycles. The van der Waals surface area contributed by atoms with Gasteiger partial charge in [-0.15, -0.1) is 0 Å². The minimum Gasteiger partial charge on any atom is -0.505 e. The molecule has 2 N–H and O–H groups in total. The zero-order chi connectivity index (χ0) is 25.9. The number of benzene rings is 1. The van der Waals surface area contributed by atoms with E-state index in [1.54, 1.807) is 19.2 Å². The topological polar surface area (TPSA) is 101 Å². The smallest absolute Gasteiger partial charge is 0.209 e. The third kappa shape index (κ3) is 6.50. The van der Waals surface area contributed by atoms with Gasteiger partial charge < -0.3 is 19.5 Å². The maximum atomic E-state index is 13.7. The average molecular weight is 526 g/mol. The van der Waals surface area contributed by atoms with E-state index in [1.165, 1.54) is 12.1 Å². The molecule has 0 bridgehead atoms. The fourth-order valence-electron chi connectivity index (χ4n) is 5.44. The first kappa shape index (κ1) is 26.7. The number of ether oxygens (including phenoxy) is 2. The van der Waals surface area contributed by atoms with Gasteiger partial charge in [-0.25, -0.2) is 26.9 Å². The summed E-state index contributed by atoms with van der Waals surface area (Å²) in [6, 6.07) is 6.75. The van der Waals surface area contributed by atoms with Gasteiger partial charge >= 0.3 is 0 Å². The number of nitrogens with zero attached hydrogens (tertiary/aromatic N) is 2. The standard InChI is InChI=1S/C25H33F2N3O5S/c1-34-14-19-11-22(29-36(2,32)33)23(30(19)25-12-24(31)21(27)13-28-25)15-35-20-8-6-16(7-9-20)17-4-3-5-18(26)10-17/h3-5,10,12-13,16,19-20,22-23,29H,6-9,11,14-15H2,1-2H3,(H,28,31)/t16-,19-,20+,22-,23-/m0/s1. The minimum atomic E-state index is -3.52. The first-order valence-electron chi connectivity index (χ1n) is 12.1. The molecule has 4 rings (SSSR count). The molecule has 2 heterocycles. The van der Waals surface area contributed by atoms with Crippen molar-refractivity contribution in [3.05, 3.63) is 53.7 Å². The van der Waals surface area contributed by atoms with E-state index in [1.807, 2.05) is 11.0 Å². The van der Waals surface area contributed by atoms with Crippen molar-refractivity contribution in [3.8, 4) is 5.75 Å². The molecule has 1 aromatic heterocycles. The van der Waals surface area contributed by atoms with Crippen LogP contribution in [0.15, 0.2) is 36.5 Å². The summed E-state index contributed by atoms with van der Waals surface area (Å²) in [5.74, 6) is -1.01. The highest BCUT2D eigenvalue weighted by Crippen LogP contribution is 2.36. The van der Waals surface area contributed by atoms with Crippen LogP contribution in [-0.4, -0.2) is 69.3 Å². The number of sulfonamides is 1. The largest absolute Gasteiger partial charge is 0.505 e. The lowest BCUT2D eigenvalue weighted by Gasteiger charge is -2.35. The molecule has 2 aromatic rings. The number of halogens is 2. The number of hydrogen-bond donors (Lipinski definition) is 2. The maximum Gasteiger partial charge on any atom is 0.209 e. The summed E-state index contributed by atoms with van der Waals surface area (Å²) in [6.45, 7) is 0.500. The Morgan fingerprint density at radius 3 is 2.56 bits per heavy atom. The summed E-state index contributed by atoms with van der Waals surface area (Å²) in [6.07, 6.45) is 5.80. The van der Waals surface area contributed by atoms with Crippen molar-refractivity contribution in [2.24, 2.45) is 0 Å². The van der Waals surface area contributed by atoms with E-state index in [0.29, 0.717) is 12.2 Å². The third-order valence-corrected chi connectivity index (χ3v) is 7.78. The Labute approximate surface area is 210 Å². The van der Waals surface area contributed by atoms with Crippen LogP contribution in [0.5, 0.6) is 5.75 Å². The highest BCUT2D eigenvalue weighted by molar-refractivity contribution is 7.88. The molecule has 2 fully saturated rings. The van der Waals surface area contributed by atoms with Crippen LogP contribution in [0.25, 0.3) is 0 Å².